The molecule has 1 aromatic carbocycles. The first-order valence-electron chi connectivity index (χ1n) is 5.78. The number of hydrogen-bond donors (Lipinski definition) is 1. The van der Waals surface area contributed by atoms with Crippen LogP contribution in [0.3, 0.4) is 0 Å². The third kappa shape index (κ3) is 4.68. The molecule has 0 radical (unpaired) electrons. The van der Waals surface area contributed by atoms with Gasteiger partial charge in [-0.3, -0.25) is 4.79 Å². The Morgan fingerprint density at radius 1 is 1.42 bits per heavy atom. The number of benzene rings is 1. The van der Waals surface area contributed by atoms with Crippen LogP contribution < -0.4 is 5.73 Å². The maximum atomic E-state index is 12.3. The van der Waals surface area contributed by atoms with E-state index in [1.165, 1.54) is 7.05 Å². The van der Waals surface area contributed by atoms with E-state index in [1.54, 1.807) is 12.1 Å². The molecule has 19 heavy (non-hydrogen) atoms. The van der Waals surface area contributed by atoms with Crippen LogP contribution in [0.5, 0.6) is 0 Å². The van der Waals surface area contributed by atoms with Crippen LogP contribution in [0.25, 0.3) is 0 Å². The van der Waals surface area contributed by atoms with Crippen molar-refractivity contribution in [3.63, 3.8) is 0 Å². The predicted octanol–water partition coefficient (Wildman–Crippen LogP) is 1.64. The number of carbonyl (C=O) groups is 1. The molecule has 102 valence electrons. The standard InChI is InChI=1S/C14H16F2N2O/c1-10-6-11(4-3-5-17)8-12(7-10)14(19)18(2)9-13(15)16/h6-8,13H,5,9,17H2,1-2H3. The molecule has 3 nitrogen and oxygen atoms in total. The van der Waals surface area contributed by atoms with Crippen LogP contribution in [0.2, 0.25) is 0 Å². The fraction of sp³-hybridized carbons (Fsp3) is 0.357. The second-order valence-electron chi connectivity index (χ2n) is 4.17. The summed E-state index contributed by atoms with van der Waals surface area (Å²) in [5.74, 6) is 5.07. The van der Waals surface area contributed by atoms with Crippen molar-refractivity contribution in [3.05, 3.63) is 34.9 Å². The SMILES string of the molecule is Cc1cc(C#CCN)cc(C(=O)N(C)CC(F)F)c1. The summed E-state index contributed by atoms with van der Waals surface area (Å²) in [6.45, 7) is 1.45. The molecule has 0 unspecified atom stereocenters. The molecule has 1 aromatic rings. The Labute approximate surface area is 111 Å². The van der Waals surface area contributed by atoms with E-state index in [4.69, 9.17) is 5.73 Å². The molecule has 0 aliphatic heterocycles. The molecule has 2 N–H and O–H groups in total. The van der Waals surface area contributed by atoms with Crippen molar-refractivity contribution in [2.24, 2.45) is 5.73 Å². The molecule has 0 heterocycles. The maximum absolute atomic E-state index is 12.3. The minimum Gasteiger partial charge on any atom is -0.336 e. The smallest absolute Gasteiger partial charge is 0.255 e. The second-order valence-corrected chi connectivity index (χ2v) is 4.17. The summed E-state index contributed by atoms with van der Waals surface area (Å²) in [5.41, 5.74) is 7.13. The highest BCUT2D eigenvalue weighted by Gasteiger charge is 2.16. The first-order chi connectivity index (χ1) is 8.93. The monoisotopic (exact) mass is 266 g/mol. The molecule has 0 spiro atoms. The lowest BCUT2D eigenvalue weighted by Gasteiger charge is -2.17. The van der Waals surface area contributed by atoms with Crippen LogP contribution in [0.4, 0.5) is 8.78 Å². The van der Waals surface area contributed by atoms with Gasteiger partial charge in [-0.1, -0.05) is 11.8 Å². The zero-order valence-corrected chi connectivity index (χ0v) is 10.9. The zero-order chi connectivity index (χ0) is 14.4. The summed E-state index contributed by atoms with van der Waals surface area (Å²) in [6.07, 6.45) is -2.55. The third-order valence-corrected chi connectivity index (χ3v) is 2.42. The van der Waals surface area contributed by atoms with E-state index >= 15 is 0 Å². The van der Waals surface area contributed by atoms with Gasteiger partial charge in [0.1, 0.15) is 0 Å². The normalized spacial score (nSPS) is 10.0. The third-order valence-electron chi connectivity index (χ3n) is 2.42. The molecule has 0 fully saturated rings. The largest absolute Gasteiger partial charge is 0.336 e. The number of alkyl halides is 2. The van der Waals surface area contributed by atoms with Crippen molar-refractivity contribution >= 4 is 5.91 Å². The molecule has 1 rings (SSSR count). The molecule has 0 aliphatic rings. The fourth-order valence-electron chi connectivity index (χ4n) is 1.64. The molecular weight excluding hydrogens is 250 g/mol. The van der Waals surface area contributed by atoms with Crippen molar-refractivity contribution in [1.82, 2.24) is 4.90 Å². The van der Waals surface area contributed by atoms with Crippen LogP contribution in [-0.4, -0.2) is 37.4 Å². The van der Waals surface area contributed by atoms with Crippen molar-refractivity contribution in [3.8, 4) is 11.8 Å². The van der Waals surface area contributed by atoms with Crippen molar-refractivity contribution in [1.29, 1.82) is 0 Å². The van der Waals surface area contributed by atoms with Crippen molar-refractivity contribution in [2.75, 3.05) is 20.1 Å². The van der Waals surface area contributed by atoms with Crippen LogP contribution in [0.15, 0.2) is 18.2 Å². The molecular formula is C14H16F2N2O. The molecule has 0 aromatic heterocycles. The van der Waals surface area contributed by atoms with Crippen LogP contribution in [0, 0.1) is 18.8 Å². The summed E-state index contributed by atoms with van der Waals surface area (Å²) in [7, 11) is 1.35. The average Bonchev–Trinajstić information content (AvgIpc) is 2.33. The van der Waals surface area contributed by atoms with Gasteiger partial charge in [-0.25, -0.2) is 8.78 Å². The van der Waals surface area contributed by atoms with Crippen molar-refractivity contribution < 1.29 is 13.6 Å². The van der Waals surface area contributed by atoms with Crippen molar-refractivity contribution in [2.45, 2.75) is 13.3 Å². The number of aryl methyl sites for hydroxylation is 1. The number of rotatable bonds is 3. The second kappa shape index (κ2) is 6.86. The molecule has 1 amide bonds. The quantitative estimate of drug-likeness (QED) is 0.845. The highest BCUT2D eigenvalue weighted by Crippen LogP contribution is 2.12. The maximum Gasteiger partial charge on any atom is 0.255 e. The topological polar surface area (TPSA) is 46.3 Å². The molecule has 0 atom stereocenters. The van der Waals surface area contributed by atoms with Gasteiger partial charge in [0.05, 0.1) is 13.1 Å². The van der Waals surface area contributed by atoms with E-state index in [2.05, 4.69) is 11.8 Å². The van der Waals surface area contributed by atoms with E-state index in [9.17, 15) is 13.6 Å². The highest BCUT2D eigenvalue weighted by molar-refractivity contribution is 5.94. The zero-order valence-electron chi connectivity index (χ0n) is 10.9. The molecule has 0 bridgehead atoms. The molecule has 5 heteroatoms. The molecule has 0 saturated carbocycles. The lowest BCUT2D eigenvalue weighted by Crippen LogP contribution is -2.31. The number of nitrogens with two attached hydrogens (primary N) is 1. The van der Waals surface area contributed by atoms with Gasteiger partial charge in [-0.15, -0.1) is 0 Å². The van der Waals surface area contributed by atoms with E-state index in [0.29, 0.717) is 11.1 Å². The van der Waals surface area contributed by atoms with Crippen LogP contribution >= 0.6 is 0 Å². The van der Waals surface area contributed by atoms with Gasteiger partial charge in [0, 0.05) is 18.2 Å². The lowest BCUT2D eigenvalue weighted by atomic mass is 10.1. The Morgan fingerprint density at radius 3 is 2.68 bits per heavy atom. The number of hydrogen-bond acceptors (Lipinski definition) is 2. The van der Waals surface area contributed by atoms with E-state index in [1.807, 2.05) is 13.0 Å². The Bertz CT molecular complexity index is 518. The summed E-state index contributed by atoms with van der Waals surface area (Å²) in [5, 5.41) is 0. The Hall–Kier alpha value is -1.93. The molecule has 0 aliphatic carbocycles. The van der Waals surface area contributed by atoms with Gasteiger partial charge in [-0.05, 0) is 30.7 Å². The van der Waals surface area contributed by atoms with E-state index in [0.717, 1.165) is 10.5 Å². The first-order valence-corrected chi connectivity index (χ1v) is 5.78. The lowest BCUT2D eigenvalue weighted by molar-refractivity contribution is 0.0620. The summed E-state index contributed by atoms with van der Waals surface area (Å²) in [4.78, 5) is 13.0. The van der Waals surface area contributed by atoms with Gasteiger partial charge in [0.15, 0.2) is 0 Å². The summed E-state index contributed by atoms with van der Waals surface area (Å²) in [6, 6.07) is 5.05. The van der Waals surface area contributed by atoms with Gasteiger partial charge < -0.3 is 10.6 Å². The summed E-state index contributed by atoms with van der Waals surface area (Å²) < 4.78 is 24.5. The average molecular weight is 266 g/mol. The molecule has 0 saturated heterocycles. The Morgan fingerprint density at radius 2 is 2.11 bits per heavy atom. The van der Waals surface area contributed by atoms with Gasteiger partial charge in [-0.2, -0.15) is 0 Å². The van der Waals surface area contributed by atoms with Crippen LogP contribution in [0.1, 0.15) is 21.5 Å². The number of nitrogens with zero attached hydrogens (tertiary/aromatic N) is 1. The number of carbonyl (C=O) groups excluding carboxylic acids is 1. The minimum absolute atomic E-state index is 0.225. The first kappa shape index (κ1) is 15.1. The van der Waals surface area contributed by atoms with E-state index < -0.39 is 18.9 Å². The summed E-state index contributed by atoms with van der Waals surface area (Å²) >= 11 is 0. The van der Waals surface area contributed by atoms with Gasteiger partial charge in [0.25, 0.3) is 12.3 Å². The van der Waals surface area contributed by atoms with Crippen LogP contribution in [-0.2, 0) is 0 Å². The van der Waals surface area contributed by atoms with Gasteiger partial charge in [0.2, 0.25) is 0 Å². The van der Waals surface area contributed by atoms with Gasteiger partial charge >= 0.3 is 0 Å². The Balaban J connectivity index is 3.00. The number of amides is 1. The predicted molar refractivity (Wildman–Crippen MR) is 70.1 cm³/mol. The number of halogens is 2. The van der Waals surface area contributed by atoms with E-state index in [-0.39, 0.29) is 6.54 Å². The Kier molecular flexibility index (Phi) is 5.46. The highest BCUT2D eigenvalue weighted by atomic mass is 19.3. The fourth-order valence-corrected chi connectivity index (χ4v) is 1.64. The minimum atomic E-state index is -2.55.